The number of aromatic nitrogens is 4. The van der Waals surface area contributed by atoms with Gasteiger partial charge in [-0.1, -0.05) is 20.8 Å². The topological polar surface area (TPSA) is 149 Å². The standard InChI is InChI=1S/C16H27N5O5Si/c1-16(2,3)27(4,5)26-11-10(23)8(6-22)25-14(11)21-7-18-9-12(21)19-15(17)20-13(9)24/h7-8,10-11,14,22-23H,6H2,1-5H3,(H3,17,19,20,24)/t8-,10-,11-,14-/m1/s1. The van der Waals surface area contributed by atoms with Crippen LogP contribution >= 0.6 is 0 Å². The Labute approximate surface area is 157 Å². The number of aliphatic hydroxyl groups excluding tert-OH is 2. The Bertz CT molecular complexity index is 889. The van der Waals surface area contributed by atoms with Crippen LogP contribution < -0.4 is 11.3 Å². The third kappa shape index (κ3) is 3.41. The summed E-state index contributed by atoms with van der Waals surface area (Å²) in [4.78, 5) is 22.7. The predicted octanol–water partition coefficient (Wildman–Crippen LogP) is 0.343. The number of nitrogen functional groups attached to an aromatic ring is 1. The SMILES string of the molecule is CC(C)(C)[Si](C)(C)O[C@@H]1[C@H](O)[C@@H](CO)O[C@H]1n1cnc2c(=O)[nH]c(N)nc21. The van der Waals surface area contributed by atoms with E-state index in [1.54, 1.807) is 0 Å². The van der Waals surface area contributed by atoms with Crippen LogP contribution in [0.25, 0.3) is 11.2 Å². The Morgan fingerprint density at radius 3 is 2.70 bits per heavy atom. The van der Waals surface area contributed by atoms with Crippen molar-refractivity contribution in [2.24, 2.45) is 0 Å². The summed E-state index contributed by atoms with van der Waals surface area (Å²) in [5.74, 6) is -0.0478. The fraction of sp³-hybridized carbons (Fsp3) is 0.688. The number of aromatic amines is 1. The van der Waals surface area contributed by atoms with E-state index in [2.05, 4.69) is 48.8 Å². The lowest BCUT2D eigenvalue weighted by molar-refractivity contribution is -0.0497. The van der Waals surface area contributed by atoms with E-state index in [0.717, 1.165) is 0 Å². The van der Waals surface area contributed by atoms with Gasteiger partial charge in [0.25, 0.3) is 5.56 Å². The maximum Gasteiger partial charge on any atom is 0.280 e. The minimum Gasteiger partial charge on any atom is -0.407 e. The molecule has 4 atom stereocenters. The number of hydrogen-bond acceptors (Lipinski definition) is 8. The molecule has 0 unspecified atom stereocenters. The Morgan fingerprint density at radius 1 is 1.44 bits per heavy atom. The molecule has 0 bridgehead atoms. The van der Waals surface area contributed by atoms with Crippen LogP contribution in [-0.4, -0.2) is 63.0 Å². The van der Waals surface area contributed by atoms with E-state index < -0.39 is 38.4 Å². The second kappa shape index (κ2) is 6.67. The first-order chi connectivity index (χ1) is 12.5. The van der Waals surface area contributed by atoms with Gasteiger partial charge in [0.15, 0.2) is 25.7 Å². The lowest BCUT2D eigenvalue weighted by atomic mass is 10.1. The van der Waals surface area contributed by atoms with Gasteiger partial charge in [0.1, 0.15) is 18.3 Å². The molecule has 5 N–H and O–H groups in total. The molecule has 10 nitrogen and oxygen atoms in total. The Morgan fingerprint density at radius 2 is 2.11 bits per heavy atom. The largest absolute Gasteiger partial charge is 0.407 e. The molecule has 0 spiro atoms. The summed E-state index contributed by atoms with van der Waals surface area (Å²) in [6.45, 7) is 10.0. The van der Waals surface area contributed by atoms with Crippen molar-refractivity contribution in [3.8, 4) is 0 Å². The first kappa shape index (κ1) is 20.0. The van der Waals surface area contributed by atoms with E-state index >= 15 is 0 Å². The van der Waals surface area contributed by atoms with E-state index in [4.69, 9.17) is 14.9 Å². The lowest BCUT2D eigenvalue weighted by Crippen LogP contribution is -2.48. The average molecular weight is 398 g/mol. The summed E-state index contributed by atoms with van der Waals surface area (Å²) in [6.07, 6.45) is -1.99. The fourth-order valence-electron chi connectivity index (χ4n) is 2.87. The number of H-pyrrole nitrogens is 1. The van der Waals surface area contributed by atoms with Crippen LogP contribution in [-0.2, 0) is 9.16 Å². The molecule has 2 aromatic heterocycles. The van der Waals surface area contributed by atoms with E-state index in [0.29, 0.717) is 0 Å². The van der Waals surface area contributed by atoms with Gasteiger partial charge < -0.3 is 25.1 Å². The summed E-state index contributed by atoms with van der Waals surface area (Å²) in [5, 5.41) is 20.2. The highest BCUT2D eigenvalue weighted by atomic mass is 28.4. The Kier molecular flexibility index (Phi) is 4.93. The molecule has 0 aliphatic carbocycles. The average Bonchev–Trinajstić information content (AvgIpc) is 3.08. The molecule has 0 saturated carbocycles. The summed E-state index contributed by atoms with van der Waals surface area (Å²) >= 11 is 0. The Balaban J connectivity index is 2.06. The van der Waals surface area contributed by atoms with Crippen LogP contribution in [0.15, 0.2) is 11.1 Å². The van der Waals surface area contributed by atoms with Crippen molar-refractivity contribution in [3.63, 3.8) is 0 Å². The van der Waals surface area contributed by atoms with Gasteiger partial charge in [-0.05, 0) is 18.1 Å². The molecule has 1 aliphatic rings. The quantitative estimate of drug-likeness (QED) is 0.540. The summed E-state index contributed by atoms with van der Waals surface area (Å²) in [7, 11) is -2.27. The van der Waals surface area contributed by atoms with E-state index in [1.807, 2.05) is 0 Å². The van der Waals surface area contributed by atoms with Crippen LogP contribution in [0.5, 0.6) is 0 Å². The first-order valence-corrected chi connectivity index (χ1v) is 11.7. The zero-order valence-electron chi connectivity index (χ0n) is 16.1. The van der Waals surface area contributed by atoms with Crippen molar-refractivity contribution in [2.75, 3.05) is 12.3 Å². The van der Waals surface area contributed by atoms with Crippen LogP contribution in [0.2, 0.25) is 18.1 Å². The second-order valence-corrected chi connectivity index (χ2v) is 13.1. The van der Waals surface area contributed by atoms with Gasteiger partial charge in [-0.3, -0.25) is 14.3 Å². The number of aliphatic hydroxyl groups is 2. The van der Waals surface area contributed by atoms with Crippen molar-refractivity contribution in [2.45, 2.75) is 63.4 Å². The molecular weight excluding hydrogens is 370 g/mol. The number of ether oxygens (including phenoxy) is 1. The van der Waals surface area contributed by atoms with Crippen LogP contribution in [0, 0.1) is 0 Å². The van der Waals surface area contributed by atoms with Gasteiger partial charge in [0, 0.05) is 0 Å². The summed E-state index contributed by atoms with van der Waals surface area (Å²) in [6, 6.07) is 0. The molecular formula is C16H27N5O5Si. The molecule has 1 saturated heterocycles. The fourth-order valence-corrected chi connectivity index (χ4v) is 4.16. The molecule has 3 heterocycles. The third-order valence-corrected chi connectivity index (χ3v) is 9.93. The minimum atomic E-state index is -2.27. The third-order valence-electron chi connectivity index (χ3n) is 5.45. The molecule has 150 valence electrons. The van der Waals surface area contributed by atoms with Crippen LogP contribution in [0.4, 0.5) is 5.95 Å². The van der Waals surface area contributed by atoms with E-state index in [1.165, 1.54) is 10.9 Å². The number of fused-ring (bicyclic) bond motifs is 1. The van der Waals surface area contributed by atoms with Crippen LogP contribution in [0.1, 0.15) is 27.0 Å². The highest BCUT2D eigenvalue weighted by molar-refractivity contribution is 6.74. The van der Waals surface area contributed by atoms with Gasteiger partial charge in [0.2, 0.25) is 5.95 Å². The van der Waals surface area contributed by atoms with Gasteiger partial charge in [0.05, 0.1) is 12.9 Å². The van der Waals surface area contributed by atoms with Gasteiger partial charge in [-0.2, -0.15) is 4.98 Å². The first-order valence-electron chi connectivity index (χ1n) is 8.81. The summed E-state index contributed by atoms with van der Waals surface area (Å²) in [5.41, 5.74) is 5.54. The number of hydrogen-bond donors (Lipinski definition) is 4. The molecule has 0 radical (unpaired) electrons. The molecule has 27 heavy (non-hydrogen) atoms. The van der Waals surface area contributed by atoms with Crippen molar-refractivity contribution in [1.29, 1.82) is 0 Å². The normalized spacial score (nSPS) is 26.8. The minimum absolute atomic E-state index is 0.0478. The number of anilines is 1. The molecule has 1 aliphatic heterocycles. The number of rotatable bonds is 4. The highest BCUT2D eigenvalue weighted by Gasteiger charge is 2.50. The van der Waals surface area contributed by atoms with Crippen molar-refractivity contribution < 1.29 is 19.4 Å². The van der Waals surface area contributed by atoms with Gasteiger partial charge >= 0.3 is 0 Å². The van der Waals surface area contributed by atoms with Crippen molar-refractivity contribution in [3.05, 3.63) is 16.7 Å². The monoisotopic (exact) mass is 397 g/mol. The number of nitrogens with zero attached hydrogens (tertiary/aromatic N) is 3. The molecule has 2 aromatic rings. The number of nitrogens with one attached hydrogen (secondary N) is 1. The zero-order valence-corrected chi connectivity index (χ0v) is 17.1. The Hall–Kier alpha value is -1.79. The molecule has 11 heteroatoms. The zero-order chi connectivity index (χ0) is 20.1. The lowest BCUT2D eigenvalue weighted by Gasteiger charge is -2.40. The second-order valence-electron chi connectivity index (χ2n) is 8.36. The van der Waals surface area contributed by atoms with Gasteiger partial charge in [-0.15, -0.1) is 0 Å². The summed E-state index contributed by atoms with van der Waals surface area (Å²) < 4.78 is 13.8. The maximum atomic E-state index is 12.0. The number of imidazole rings is 1. The smallest absolute Gasteiger partial charge is 0.280 e. The van der Waals surface area contributed by atoms with Gasteiger partial charge in [-0.25, -0.2) is 4.98 Å². The molecule has 3 rings (SSSR count). The molecule has 1 fully saturated rings. The molecule has 0 aromatic carbocycles. The predicted molar refractivity (Wildman–Crippen MR) is 102 cm³/mol. The van der Waals surface area contributed by atoms with Crippen molar-refractivity contribution >= 4 is 25.4 Å². The van der Waals surface area contributed by atoms with E-state index in [-0.39, 0.29) is 28.8 Å². The molecule has 0 amide bonds. The van der Waals surface area contributed by atoms with Crippen molar-refractivity contribution in [1.82, 2.24) is 19.5 Å². The van der Waals surface area contributed by atoms with E-state index in [9.17, 15) is 15.0 Å². The highest BCUT2D eigenvalue weighted by Crippen LogP contribution is 2.42. The van der Waals surface area contributed by atoms with Crippen LogP contribution in [0.3, 0.4) is 0 Å². The number of nitrogens with two attached hydrogens (primary N) is 1. The maximum absolute atomic E-state index is 12.0.